The summed E-state index contributed by atoms with van der Waals surface area (Å²) in [6, 6.07) is 5.04. The van der Waals surface area contributed by atoms with Gasteiger partial charge in [-0.05, 0) is 12.1 Å². The molecule has 0 fully saturated rings. The van der Waals surface area contributed by atoms with Gasteiger partial charge < -0.3 is 19.8 Å². The molecule has 0 aliphatic carbocycles. The van der Waals surface area contributed by atoms with Crippen LogP contribution in [0.1, 0.15) is 0 Å². The molecule has 0 saturated heterocycles. The summed E-state index contributed by atoms with van der Waals surface area (Å²) in [5.74, 6) is 0.0330. The summed E-state index contributed by atoms with van der Waals surface area (Å²) >= 11 is 0. The Morgan fingerprint density at radius 3 is 1.59 bits per heavy atom. The number of nitro groups is 1. The average molecular weight is 285 g/mol. The van der Waals surface area contributed by atoms with Gasteiger partial charge in [-0.25, -0.2) is 4.57 Å². The minimum absolute atomic E-state index is 0. The van der Waals surface area contributed by atoms with Crippen molar-refractivity contribution in [2.45, 2.75) is 0 Å². The summed E-state index contributed by atoms with van der Waals surface area (Å²) in [5, 5.41) is 18.8. The number of nitro benzene ring substituents is 1. The molecule has 0 bridgehead atoms. The van der Waals surface area contributed by atoms with Crippen molar-refractivity contribution in [2.24, 2.45) is 0 Å². The van der Waals surface area contributed by atoms with Crippen LogP contribution in [-0.2, 0) is 4.57 Å². The molecule has 0 aliphatic rings. The van der Waals surface area contributed by atoms with Crippen molar-refractivity contribution in [3.63, 3.8) is 0 Å². The Hall–Kier alpha value is 0.530. The first kappa shape index (κ1) is 22.7. The molecule has 0 saturated carbocycles. The summed E-state index contributed by atoms with van der Waals surface area (Å²) < 4.78 is 8.88. The predicted molar refractivity (Wildman–Crippen MR) is 63.3 cm³/mol. The van der Waals surface area contributed by atoms with E-state index in [1.165, 1.54) is 24.3 Å². The molecule has 11 heteroatoms. The van der Waals surface area contributed by atoms with Gasteiger partial charge in [-0.15, -0.1) is 0 Å². The maximum atomic E-state index is 10.0. The van der Waals surface area contributed by atoms with Crippen molar-refractivity contribution in [1.82, 2.24) is 0 Å². The van der Waals surface area contributed by atoms with Crippen LogP contribution < -0.4 is 0 Å². The fourth-order valence-corrected chi connectivity index (χ4v) is 0.574. The second kappa shape index (κ2) is 10.5. The quantitative estimate of drug-likeness (QED) is 0.226. The van der Waals surface area contributed by atoms with Crippen LogP contribution in [0.15, 0.2) is 24.3 Å². The molecule has 88 valence electrons. The summed E-state index contributed by atoms with van der Waals surface area (Å²) in [6.07, 6.45) is 0. The Morgan fingerprint density at radius 2 is 1.35 bits per heavy atom. The number of non-ortho nitro benzene ring substituents is 1. The SMILES string of the molecule is O=P(O)(O)O.O=[N+]([O-])c1ccc(O)cc1.[NaH].[NaH]. The third kappa shape index (κ3) is 16.5. The number of nitrogens with zero attached hydrogens (tertiary/aromatic N) is 1. The van der Waals surface area contributed by atoms with E-state index in [2.05, 4.69) is 0 Å². The zero-order chi connectivity index (χ0) is 12.1. The van der Waals surface area contributed by atoms with Crippen LogP contribution in [0.2, 0.25) is 0 Å². The Morgan fingerprint density at radius 1 is 1.06 bits per heavy atom. The van der Waals surface area contributed by atoms with E-state index in [0.717, 1.165) is 0 Å². The van der Waals surface area contributed by atoms with Crippen molar-refractivity contribution in [2.75, 3.05) is 0 Å². The van der Waals surface area contributed by atoms with Gasteiger partial charge in [0.2, 0.25) is 0 Å². The molecule has 8 nitrogen and oxygen atoms in total. The van der Waals surface area contributed by atoms with Crippen LogP contribution in [0.4, 0.5) is 5.69 Å². The van der Waals surface area contributed by atoms with Crippen LogP contribution in [-0.4, -0.2) is 83.8 Å². The number of rotatable bonds is 1. The van der Waals surface area contributed by atoms with Crippen LogP contribution >= 0.6 is 7.82 Å². The molecular formula is C6H10NNa2O7P. The zero-order valence-corrected chi connectivity index (χ0v) is 8.11. The summed E-state index contributed by atoms with van der Waals surface area (Å²) in [4.78, 5) is 31.1. The molecule has 1 aromatic rings. The van der Waals surface area contributed by atoms with Crippen molar-refractivity contribution < 1.29 is 29.3 Å². The molecule has 1 rings (SSSR count). The number of benzene rings is 1. The van der Waals surface area contributed by atoms with Gasteiger partial charge in [-0.2, -0.15) is 0 Å². The standard InChI is InChI=1S/C6H5NO3.2Na.H3O4P.2H/c8-6-3-1-5(2-4-6)7(9)10;;;1-5(2,3)4;;/h1-4,8H;;;(H3,1,2,3,4);;. The molecule has 0 radical (unpaired) electrons. The van der Waals surface area contributed by atoms with E-state index in [1.54, 1.807) is 0 Å². The van der Waals surface area contributed by atoms with Gasteiger partial charge in [0, 0.05) is 12.1 Å². The number of hydrogen-bond acceptors (Lipinski definition) is 4. The van der Waals surface area contributed by atoms with Crippen molar-refractivity contribution in [1.29, 1.82) is 0 Å². The molecule has 0 atom stereocenters. The van der Waals surface area contributed by atoms with E-state index < -0.39 is 12.7 Å². The molecule has 0 amide bonds. The molecule has 0 aromatic heterocycles. The Kier molecular flexibility index (Phi) is 13.9. The van der Waals surface area contributed by atoms with Crippen molar-refractivity contribution >= 4 is 72.6 Å². The van der Waals surface area contributed by atoms with E-state index in [9.17, 15) is 10.1 Å². The Balaban J connectivity index is -0.000000247. The van der Waals surface area contributed by atoms with Crippen molar-refractivity contribution in [3.05, 3.63) is 34.4 Å². The predicted octanol–water partition coefficient (Wildman–Crippen LogP) is -0.925. The van der Waals surface area contributed by atoms with Gasteiger partial charge in [-0.1, -0.05) is 0 Å². The first-order valence-electron chi connectivity index (χ1n) is 3.42. The van der Waals surface area contributed by atoms with E-state index >= 15 is 0 Å². The van der Waals surface area contributed by atoms with E-state index in [0.29, 0.717) is 0 Å². The third-order valence-electron chi connectivity index (χ3n) is 1.06. The number of hydrogen-bond donors (Lipinski definition) is 4. The fourth-order valence-electron chi connectivity index (χ4n) is 0.574. The first-order chi connectivity index (χ1) is 6.70. The molecular weight excluding hydrogens is 275 g/mol. The average Bonchev–Trinajstić information content (AvgIpc) is 2.01. The number of aromatic hydroxyl groups is 1. The Bertz CT molecular complexity index is 370. The third-order valence-corrected chi connectivity index (χ3v) is 1.06. The number of phenols is 1. The maximum absolute atomic E-state index is 10.0. The summed E-state index contributed by atoms with van der Waals surface area (Å²) in [7, 11) is -4.64. The zero-order valence-electron chi connectivity index (χ0n) is 7.22. The molecule has 0 aliphatic heterocycles. The van der Waals surface area contributed by atoms with E-state index in [-0.39, 0.29) is 70.6 Å². The molecule has 0 spiro atoms. The number of phenolic OH excluding ortho intramolecular Hbond substituents is 1. The van der Waals surface area contributed by atoms with Gasteiger partial charge in [0.25, 0.3) is 5.69 Å². The molecule has 17 heavy (non-hydrogen) atoms. The van der Waals surface area contributed by atoms with Gasteiger partial charge in [0.1, 0.15) is 5.75 Å². The topological polar surface area (TPSA) is 141 Å². The van der Waals surface area contributed by atoms with Gasteiger partial charge >= 0.3 is 66.9 Å². The fraction of sp³-hybridized carbons (Fsp3) is 0. The van der Waals surface area contributed by atoms with E-state index in [4.69, 9.17) is 24.4 Å². The first-order valence-corrected chi connectivity index (χ1v) is 4.98. The van der Waals surface area contributed by atoms with Gasteiger partial charge in [0.05, 0.1) is 4.92 Å². The van der Waals surface area contributed by atoms with Crippen LogP contribution in [0, 0.1) is 10.1 Å². The summed E-state index contributed by atoms with van der Waals surface area (Å²) in [6.45, 7) is 0. The van der Waals surface area contributed by atoms with Crippen molar-refractivity contribution in [3.8, 4) is 5.75 Å². The second-order valence-electron chi connectivity index (χ2n) is 2.29. The number of phosphoric acid groups is 1. The van der Waals surface area contributed by atoms with E-state index in [1.807, 2.05) is 0 Å². The van der Waals surface area contributed by atoms with Crippen LogP contribution in [0.3, 0.4) is 0 Å². The minimum atomic E-state index is -4.64. The molecule has 0 heterocycles. The van der Waals surface area contributed by atoms with Gasteiger partial charge in [0.15, 0.2) is 0 Å². The summed E-state index contributed by atoms with van der Waals surface area (Å²) in [5.41, 5.74) is -0.0159. The van der Waals surface area contributed by atoms with Crippen LogP contribution in [0.5, 0.6) is 5.75 Å². The monoisotopic (exact) mass is 285 g/mol. The molecule has 4 N–H and O–H groups in total. The van der Waals surface area contributed by atoms with Crippen LogP contribution in [0.25, 0.3) is 0 Å². The Labute approximate surface area is 141 Å². The molecule has 0 unspecified atom stereocenters. The van der Waals surface area contributed by atoms with Gasteiger partial charge in [-0.3, -0.25) is 10.1 Å². The second-order valence-corrected chi connectivity index (χ2v) is 3.31. The normalized spacial score (nSPS) is 8.88. The molecule has 1 aromatic carbocycles.